The Morgan fingerprint density at radius 3 is 2.33 bits per heavy atom. The predicted octanol–water partition coefficient (Wildman–Crippen LogP) is 3.73. The highest BCUT2D eigenvalue weighted by atomic mass is 32.1. The van der Waals surface area contributed by atoms with Gasteiger partial charge >= 0.3 is 0 Å². The Kier molecular flexibility index (Phi) is 3.23. The van der Waals surface area contributed by atoms with Crippen molar-refractivity contribution in [1.82, 2.24) is 5.32 Å². The fraction of sp³-hybridized carbons (Fsp3) is 0.375. The summed E-state index contributed by atoms with van der Waals surface area (Å²) in [6, 6.07) is 11.6. The van der Waals surface area contributed by atoms with Gasteiger partial charge in [-0.25, -0.2) is 0 Å². The number of aryl methyl sites for hydroxylation is 1. The zero-order chi connectivity index (χ0) is 12.5. The fourth-order valence-corrected chi connectivity index (χ4v) is 3.94. The van der Waals surface area contributed by atoms with E-state index in [1.165, 1.54) is 34.4 Å². The van der Waals surface area contributed by atoms with E-state index in [-0.39, 0.29) is 0 Å². The molecule has 1 nitrogen and oxygen atoms in total. The molecular formula is C16H19NS. The lowest BCUT2D eigenvalue weighted by Gasteiger charge is -2.23. The van der Waals surface area contributed by atoms with Crippen LogP contribution < -0.4 is 5.32 Å². The van der Waals surface area contributed by atoms with Crippen LogP contribution in [0.25, 0.3) is 0 Å². The van der Waals surface area contributed by atoms with Crippen LogP contribution in [0.3, 0.4) is 0 Å². The Morgan fingerprint density at radius 2 is 1.83 bits per heavy atom. The fourth-order valence-electron chi connectivity index (χ4n) is 3.19. The largest absolute Gasteiger partial charge is 0.313 e. The molecular weight excluding hydrogens is 238 g/mol. The first-order chi connectivity index (χ1) is 8.79. The van der Waals surface area contributed by atoms with Crippen molar-refractivity contribution in [2.24, 2.45) is 5.92 Å². The molecule has 94 valence electrons. The van der Waals surface area contributed by atoms with Gasteiger partial charge in [-0.2, -0.15) is 0 Å². The van der Waals surface area contributed by atoms with Crippen molar-refractivity contribution >= 4 is 11.3 Å². The van der Waals surface area contributed by atoms with E-state index in [1.807, 2.05) is 11.3 Å². The zero-order valence-corrected chi connectivity index (χ0v) is 11.8. The molecule has 2 aromatic rings. The monoisotopic (exact) mass is 257 g/mol. The minimum atomic E-state index is 0.489. The van der Waals surface area contributed by atoms with Crippen molar-refractivity contribution in [2.45, 2.75) is 25.8 Å². The van der Waals surface area contributed by atoms with Crippen LogP contribution in [0.2, 0.25) is 0 Å². The quantitative estimate of drug-likeness (QED) is 0.883. The third kappa shape index (κ3) is 2.00. The third-order valence-electron chi connectivity index (χ3n) is 4.10. The van der Waals surface area contributed by atoms with Crippen LogP contribution in [-0.2, 0) is 12.8 Å². The predicted molar refractivity (Wildman–Crippen MR) is 78.2 cm³/mol. The molecule has 1 aliphatic rings. The van der Waals surface area contributed by atoms with E-state index in [2.05, 4.69) is 55.0 Å². The molecule has 1 N–H and O–H groups in total. The van der Waals surface area contributed by atoms with Gasteiger partial charge in [0.1, 0.15) is 0 Å². The average molecular weight is 257 g/mol. The van der Waals surface area contributed by atoms with Crippen LogP contribution in [-0.4, -0.2) is 7.05 Å². The first kappa shape index (κ1) is 11.9. The van der Waals surface area contributed by atoms with Crippen molar-refractivity contribution in [3.63, 3.8) is 0 Å². The Morgan fingerprint density at radius 1 is 1.17 bits per heavy atom. The first-order valence-corrected chi connectivity index (χ1v) is 7.45. The maximum atomic E-state index is 3.53. The highest BCUT2D eigenvalue weighted by molar-refractivity contribution is 7.10. The number of hydrogen-bond donors (Lipinski definition) is 1. The first-order valence-electron chi connectivity index (χ1n) is 6.57. The molecule has 3 rings (SSSR count). The summed E-state index contributed by atoms with van der Waals surface area (Å²) >= 11 is 1.85. The lowest BCUT2D eigenvalue weighted by Crippen LogP contribution is -2.25. The molecule has 18 heavy (non-hydrogen) atoms. The lowest BCUT2D eigenvalue weighted by molar-refractivity contribution is 0.397. The Hall–Kier alpha value is -1.12. The summed E-state index contributed by atoms with van der Waals surface area (Å²) in [7, 11) is 2.09. The summed E-state index contributed by atoms with van der Waals surface area (Å²) in [6.07, 6.45) is 2.41. The molecule has 1 heterocycles. The van der Waals surface area contributed by atoms with Gasteiger partial charge in [0, 0.05) is 10.9 Å². The maximum absolute atomic E-state index is 3.53. The number of nitrogens with one attached hydrogen (secondary N) is 1. The molecule has 0 bridgehead atoms. The normalized spacial score (nSPS) is 16.8. The van der Waals surface area contributed by atoms with Crippen LogP contribution in [0.4, 0.5) is 0 Å². The van der Waals surface area contributed by atoms with Crippen LogP contribution in [0.15, 0.2) is 35.7 Å². The summed E-state index contributed by atoms with van der Waals surface area (Å²) in [4.78, 5) is 1.45. The molecule has 1 unspecified atom stereocenters. The Labute approximate surface area is 113 Å². The molecule has 1 aliphatic carbocycles. The smallest absolute Gasteiger partial charge is 0.0363 e. The number of hydrogen-bond acceptors (Lipinski definition) is 2. The van der Waals surface area contributed by atoms with Crippen LogP contribution in [0.1, 0.15) is 27.6 Å². The molecule has 1 aromatic heterocycles. The van der Waals surface area contributed by atoms with Gasteiger partial charge in [-0.15, -0.1) is 11.3 Å². The minimum Gasteiger partial charge on any atom is -0.313 e. The molecule has 0 saturated heterocycles. The standard InChI is InChI=1S/C16H19NS/c1-11-15(7-8-18-11)16(17-2)14-9-12-5-3-4-6-13(12)10-14/h3-8,14,16-17H,9-10H2,1-2H3. The zero-order valence-electron chi connectivity index (χ0n) is 10.9. The molecule has 0 saturated carbocycles. The second-order valence-electron chi connectivity index (χ2n) is 5.14. The van der Waals surface area contributed by atoms with Gasteiger partial charge in [0.25, 0.3) is 0 Å². The summed E-state index contributed by atoms with van der Waals surface area (Å²) < 4.78 is 0. The Bertz CT molecular complexity index is 519. The summed E-state index contributed by atoms with van der Waals surface area (Å²) in [5, 5.41) is 5.73. The van der Waals surface area contributed by atoms with Gasteiger partial charge in [0.15, 0.2) is 0 Å². The Balaban J connectivity index is 1.86. The molecule has 0 spiro atoms. The highest BCUT2D eigenvalue weighted by Crippen LogP contribution is 2.37. The molecule has 1 atom stereocenters. The highest BCUT2D eigenvalue weighted by Gasteiger charge is 2.29. The van der Waals surface area contributed by atoms with Gasteiger partial charge in [-0.05, 0) is 60.9 Å². The van der Waals surface area contributed by atoms with Crippen molar-refractivity contribution in [1.29, 1.82) is 0 Å². The van der Waals surface area contributed by atoms with E-state index in [4.69, 9.17) is 0 Å². The van der Waals surface area contributed by atoms with Gasteiger partial charge in [-0.3, -0.25) is 0 Å². The van der Waals surface area contributed by atoms with Gasteiger partial charge < -0.3 is 5.32 Å². The summed E-state index contributed by atoms with van der Waals surface area (Å²) in [5.74, 6) is 0.695. The van der Waals surface area contributed by atoms with Crippen molar-refractivity contribution in [3.05, 3.63) is 57.3 Å². The van der Waals surface area contributed by atoms with E-state index in [0.29, 0.717) is 12.0 Å². The number of thiophene rings is 1. The number of rotatable bonds is 3. The molecule has 0 fully saturated rings. The minimum absolute atomic E-state index is 0.489. The molecule has 0 radical (unpaired) electrons. The molecule has 2 heteroatoms. The molecule has 0 aliphatic heterocycles. The van der Waals surface area contributed by atoms with Gasteiger partial charge in [-0.1, -0.05) is 24.3 Å². The maximum Gasteiger partial charge on any atom is 0.0363 e. The van der Waals surface area contributed by atoms with Crippen LogP contribution >= 0.6 is 11.3 Å². The number of fused-ring (bicyclic) bond motifs is 1. The second-order valence-corrected chi connectivity index (χ2v) is 6.26. The SMILES string of the molecule is CNC(c1ccsc1C)C1Cc2ccccc2C1. The van der Waals surface area contributed by atoms with E-state index in [9.17, 15) is 0 Å². The van der Waals surface area contributed by atoms with Crippen molar-refractivity contribution < 1.29 is 0 Å². The van der Waals surface area contributed by atoms with E-state index < -0.39 is 0 Å². The molecule has 1 aromatic carbocycles. The van der Waals surface area contributed by atoms with Gasteiger partial charge in [0.05, 0.1) is 0 Å². The second kappa shape index (κ2) is 4.87. The topological polar surface area (TPSA) is 12.0 Å². The molecule has 0 amide bonds. The van der Waals surface area contributed by atoms with Crippen molar-refractivity contribution in [2.75, 3.05) is 7.05 Å². The average Bonchev–Trinajstić information content (AvgIpc) is 2.97. The van der Waals surface area contributed by atoms with Crippen LogP contribution in [0.5, 0.6) is 0 Å². The summed E-state index contributed by atoms with van der Waals surface area (Å²) in [6.45, 7) is 2.23. The van der Waals surface area contributed by atoms with Crippen LogP contribution in [0, 0.1) is 12.8 Å². The van der Waals surface area contributed by atoms with E-state index in [0.717, 1.165) is 0 Å². The third-order valence-corrected chi connectivity index (χ3v) is 4.96. The van der Waals surface area contributed by atoms with Gasteiger partial charge in [0.2, 0.25) is 0 Å². The van der Waals surface area contributed by atoms with Crippen molar-refractivity contribution in [3.8, 4) is 0 Å². The lowest BCUT2D eigenvalue weighted by atomic mass is 9.91. The number of benzene rings is 1. The van der Waals surface area contributed by atoms with E-state index >= 15 is 0 Å². The summed E-state index contributed by atoms with van der Waals surface area (Å²) in [5.41, 5.74) is 4.56. The van der Waals surface area contributed by atoms with E-state index in [1.54, 1.807) is 0 Å².